The molecular weight excluding hydrogens is 220 g/mol. The van der Waals surface area contributed by atoms with E-state index in [0.29, 0.717) is 0 Å². The molecule has 1 aliphatic rings. The van der Waals surface area contributed by atoms with Gasteiger partial charge in [0.2, 0.25) is 0 Å². The molecule has 0 aliphatic carbocycles. The molecule has 0 amide bonds. The molecule has 0 aromatic heterocycles. The van der Waals surface area contributed by atoms with Gasteiger partial charge in [-0.3, -0.25) is 4.79 Å². The van der Waals surface area contributed by atoms with Gasteiger partial charge in [0.05, 0.1) is 0 Å². The fourth-order valence-electron chi connectivity index (χ4n) is 1.10. The van der Waals surface area contributed by atoms with Crippen LogP contribution < -0.4 is 0 Å². The van der Waals surface area contributed by atoms with Gasteiger partial charge in [0, 0.05) is 0 Å². The van der Waals surface area contributed by atoms with Crippen LogP contribution in [0, 0.1) is 0 Å². The van der Waals surface area contributed by atoms with Crippen LogP contribution in [0.25, 0.3) is 0 Å². The summed E-state index contributed by atoms with van der Waals surface area (Å²) < 4.78 is 0.100. The summed E-state index contributed by atoms with van der Waals surface area (Å²) in [6.07, 6.45) is 6.43. The zero-order valence-electron chi connectivity index (χ0n) is 7.91. The predicted octanol–water partition coefficient (Wildman–Crippen LogP) is 3.02. The Bertz CT molecular complexity index is 207. The van der Waals surface area contributed by atoms with Gasteiger partial charge >= 0.3 is 0 Å². The van der Waals surface area contributed by atoms with Crippen molar-refractivity contribution in [1.29, 1.82) is 0 Å². The molecule has 0 bridgehead atoms. The van der Waals surface area contributed by atoms with Gasteiger partial charge in [-0.15, -0.1) is 35.3 Å². The van der Waals surface area contributed by atoms with Crippen molar-refractivity contribution in [2.24, 2.45) is 0 Å². The van der Waals surface area contributed by atoms with Gasteiger partial charge in [0.15, 0.2) is 0 Å². The lowest BCUT2D eigenvalue weighted by molar-refractivity contribution is -0.104. The van der Waals surface area contributed by atoms with Crippen molar-refractivity contribution in [3.8, 4) is 0 Å². The highest BCUT2D eigenvalue weighted by atomic mass is 32.3. The lowest BCUT2D eigenvalue weighted by atomic mass is 10.3. The number of rotatable bonds is 3. The summed E-state index contributed by atoms with van der Waals surface area (Å²) in [6.45, 7) is 1.88. The van der Waals surface area contributed by atoms with Crippen LogP contribution in [-0.2, 0) is 4.79 Å². The number of hydrogen-bond donors (Lipinski definition) is 0. The molecule has 1 heterocycles. The van der Waals surface area contributed by atoms with Crippen LogP contribution in [0.4, 0.5) is 0 Å². The maximum absolute atomic E-state index is 10.5. The topological polar surface area (TPSA) is 17.1 Å². The maximum atomic E-state index is 10.5. The van der Waals surface area contributed by atoms with Crippen LogP contribution in [0.15, 0.2) is 11.6 Å². The largest absolute Gasteiger partial charge is 0.298 e. The molecule has 1 saturated heterocycles. The summed E-state index contributed by atoms with van der Waals surface area (Å²) in [5.41, 5.74) is 0.844. The lowest BCUT2D eigenvalue weighted by Crippen LogP contribution is -2.18. The molecule has 0 aromatic rings. The third kappa shape index (κ3) is 3.26. The van der Waals surface area contributed by atoms with Gasteiger partial charge in [-0.1, -0.05) is 0 Å². The zero-order chi connectivity index (χ0) is 9.73. The Labute approximate surface area is 92.5 Å². The third-order valence-corrected chi connectivity index (χ3v) is 6.90. The summed E-state index contributed by atoms with van der Waals surface area (Å²) in [6, 6.07) is 0. The first-order valence-electron chi connectivity index (χ1n) is 4.20. The van der Waals surface area contributed by atoms with Gasteiger partial charge in [0.25, 0.3) is 0 Å². The molecule has 1 rings (SSSR count). The first kappa shape index (κ1) is 11.5. The summed E-state index contributed by atoms with van der Waals surface area (Å²) in [7, 11) is 0. The summed E-state index contributed by atoms with van der Waals surface area (Å²) >= 11 is 5.72. The van der Waals surface area contributed by atoms with Crippen LogP contribution >= 0.6 is 35.3 Å². The second-order valence-electron chi connectivity index (χ2n) is 2.86. The second kappa shape index (κ2) is 5.37. The number of carbonyl (C=O) groups is 1. The molecule has 1 nitrogen and oxygen atoms in total. The van der Waals surface area contributed by atoms with Crippen LogP contribution in [-0.4, -0.2) is 27.5 Å². The number of allylic oxidation sites excluding steroid dienone is 1. The SMILES string of the molecule is CSC1(C=C(C)C=O)SCCCS1. The number of aldehydes is 1. The van der Waals surface area contributed by atoms with Gasteiger partial charge in [-0.2, -0.15) is 0 Å². The van der Waals surface area contributed by atoms with Gasteiger partial charge in [0.1, 0.15) is 9.70 Å². The molecule has 0 unspecified atom stereocenters. The molecule has 0 atom stereocenters. The Hall–Kier alpha value is 0.460. The van der Waals surface area contributed by atoms with Crippen LogP contribution in [0.2, 0.25) is 0 Å². The lowest BCUT2D eigenvalue weighted by Gasteiger charge is -2.31. The maximum Gasteiger partial charge on any atom is 0.145 e. The Morgan fingerprint density at radius 2 is 2.08 bits per heavy atom. The molecule has 0 spiro atoms. The minimum Gasteiger partial charge on any atom is -0.298 e. The van der Waals surface area contributed by atoms with Crippen LogP contribution in [0.5, 0.6) is 0 Å². The summed E-state index contributed by atoms with van der Waals surface area (Å²) in [5.74, 6) is 2.41. The average Bonchev–Trinajstić information content (AvgIpc) is 2.19. The van der Waals surface area contributed by atoms with Crippen molar-refractivity contribution < 1.29 is 4.79 Å². The van der Waals surface area contributed by atoms with Gasteiger partial charge < -0.3 is 0 Å². The molecule has 74 valence electrons. The second-order valence-corrected chi connectivity index (χ2v) is 7.37. The Kier molecular flexibility index (Phi) is 4.76. The minimum absolute atomic E-state index is 0.100. The summed E-state index contributed by atoms with van der Waals surface area (Å²) in [4.78, 5) is 10.5. The molecule has 1 aliphatic heterocycles. The highest BCUT2D eigenvalue weighted by molar-refractivity contribution is 8.34. The van der Waals surface area contributed by atoms with Gasteiger partial charge in [-0.05, 0) is 42.8 Å². The predicted molar refractivity (Wildman–Crippen MR) is 65.6 cm³/mol. The van der Waals surface area contributed by atoms with Crippen molar-refractivity contribution in [2.45, 2.75) is 16.8 Å². The molecule has 0 N–H and O–H groups in total. The van der Waals surface area contributed by atoms with Crippen LogP contribution in [0.1, 0.15) is 13.3 Å². The fourth-order valence-corrected chi connectivity index (χ4v) is 5.55. The van der Waals surface area contributed by atoms with Gasteiger partial charge in [-0.25, -0.2) is 0 Å². The Morgan fingerprint density at radius 3 is 2.54 bits per heavy atom. The van der Waals surface area contributed by atoms with E-state index in [2.05, 4.69) is 12.3 Å². The third-order valence-electron chi connectivity index (χ3n) is 1.77. The monoisotopic (exact) mass is 234 g/mol. The zero-order valence-corrected chi connectivity index (χ0v) is 10.4. The van der Waals surface area contributed by atoms with E-state index >= 15 is 0 Å². The first-order valence-corrected chi connectivity index (χ1v) is 7.40. The Balaban J connectivity index is 2.73. The molecule has 0 aromatic carbocycles. The molecule has 13 heavy (non-hydrogen) atoms. The Morgan fingerprint density at radius 1 is 1.46 bits per heavy atom. The number of thioether (sulfide) groups is 3. The van der Waals surface area contributed by atoms with Crippen molar-refractivity contribution in [3.63, 3.8) is 0 Å². The molecule has 0 saturated carbocycles. The van der Waals surface area contributed by atoms with E-state index in [1.54, 1.807) is 0 Å². The van der Waals surface area contributed by atoms with Crippen LogP contribution in [0.3, 0.4) is 0 Å². The molecule has 1 fully saturated rings. The quantitative estimate of drug-likeness (QED) is 0.551. The normalized spacial score (nSPS) is 22.8. The van der Waals surface area contributed by atoms with E-state index in [-0.39, 0.29) is 3.41 Å². The molecular formula is C9H14OS3. The first-order chi connectivity index (χ1) is 6.22. The molecule has 4 heteroatoms. The summed E-state index contributed by atoms with van der Waals surface area (Å²) in [5, 5.41) is 0. The van der Waals surface area contributed by atoms with E-state index in [9.17, 15) is 4.79 Å². The van der Waals surface area contributed by atoms with E-state index in [4.69, 9.17) is 0 Å². The fraction of sp³-hybridized carbons (Fsp3) is 0.667. The van der Waals surface area contributed by atoms with E-state index < -0.39 is 0 Å². The number of carbonyl (C=O) groups excluding carboxylic acids is 1. The van der Waals surface area contributed by atoms with E-state index in [1.807, 2.05) is 42.2 Å². The van der Waals surface area contributed by atoms with Crippen molar-refractivity contribution >= 4 is 41.6 Å². The molecule has 0 radical (unpaired) electrons. The van der Waals surface area contributed by atoms with E-state index in [0.717, 1.165) is 11.9 Å². The number of hydrogen-bond acceptors (Lipinski definition) is 4. The van der Waals surface area contributed by atoms with E-state index in [1.165, 1.54) is 17.9 Å². The smallest absolute Gasteiger partial charge is 0.145 e. The standard InChI is InChI=1S/C9H14OS3/c1-8(7-10)6-9(11-2)12-4-3-5-13-9/h6-7H,3-5H2,1-2H3. The highest BCUT2D eigenvalue weighted by Gasteiger charge is 2.30. The minimum atomic E-state index is 0.100. The highest BCUT2D eigenvalue weighted by Crippen LogP contribution is 2.50. The van der Waals surface area contributed by atoms with Crippen molar-refractivity contribution in [3.05, 3.63) is 11.6 Å². The van der Waals surface area contributed by atoms with Crippen molar-refractivity contribution in [2.75, 3.05) is 17.8 Å². The average molecular weight is 234 g/mol. The van der Waals surface area contributed by atoms with Crippen molar-refractivity contribution in [1.82, 2.24) is 0 Å².